The SMILES string of the molecule is Cc1ccc(C)c([C@H](C)NC(=O)c2ccc([C@@H]3SCC(=O)N3Cc3ccco3)cc2)c1. The van der Waals surface area contributed by atoms with E-state index in [0.29, 0.717) is 17.9 Å². The van der Waals surface area contributed by atoms with E-state index < -0.39 is 0 Å². The topological polar surface area (TPSA) is 62.6 Å². The Kier molecular flexibility index (Phi) is 6.18. The predicted octanol–water partition coefficient (Wildman–Crippen LogP) is 5.16. The number of carbonyl (C=O) groups is 2. The Morgan fingerprint density at radius 1 is 1.19 bits per heavy atom. The van der Waals surface area contributed by atoms with Gasteiger partial charge in [-0.1, -0.05) is 35.9 Å². The molecule has 2 aromatic carbocycles. The van der Waals surface area contributed by atoms with Gasteiger partial charge in [-0.3, -0.25) is 9.59 Å². The van der Waals surface area contributed by atoms with E-state index in [4.69, 9.17) is 4.42 Å². The fourth-order valence-electron chi connectivity index (χ4n) is 3.85. The average molecular weight is 435 g/mol. The highest BCUT2D eigenvalue weighted by Gasteiger charge is 2.33. The number of thioether (sulfide) groups is 1. The maximum atomic E-state index is 12.8. The highest BCUT2D eigenvalue weighted by molar-refractivity contribution is 8.00. The van der Waals surface area contributed by atoms with Crippen molar-refractivity contribution in [1.29, 1.82) is 0 Å². The molecule has 0 radical (unpaired) electrons. The summed E-state index contributed by atoms with van der Waals surface area (Å²) in [6.45, 7) is 6.55. The van der Waals surface area contributed by atoms with Crippen LogP contribution in [0.25, 0.3) is 0 Å². The second-order valence-electron chi connectivity index (χ2n) is 7.94. The van der Waals surface area contributed by atoms with Crippen molar-refractivity contribution in [2.75, 3.05) is 5.75 Å². The quantitative estimate of drug-likeness (QED) is 0.582. The summed E-state index contributed by atoms with van der Waals surface area (Å²) >= 11 is 1.59. The van der Waals surface area contributed by atoms with E-state index in [0.717, 1.165) is 22.5 Å². The van der Waals surface area contributed by atoms with Gasteiger partial charge in [-0.05, 0) is 61.7 Å². The standard InChI is InChI=1S/C25H26N2O3S/c1-16-6-7-17(2)22(13-16)18(3)26-24(29)19-8-10-20(11-9-19)25-27(23(28)15-31-25)14-21-5-4-12-30-21/h4-13,18,25H,14-15H2,1-3H3,(H,26,29)/t18-,25-/m0/s1. The zero-order valence-electron chi connectivity index (χ0n) is 17.9. The third-order valence-corrected chi connectivity index (χ3v) is 6.84. The number of amides is 2. The summed E-state index contributed by atoms with van der Waals surface area (Å²) < 4.78 is 5.41. The first-order valence-electron chi connectivity index (χ1n) is 10.3. The van der Waals surface area contributed by atoms with Gasteiger partial charge in [0.2, 0.25) is 5.91 Å². The van der Waals surface area contributed by atoms with Gasteiger partial charge in [0.15, 0.2) is 0 Å². The number of nitrogens with zero attached hydrogens (tertiary/aromatic N) is 1. The molecule has 5 nitrogen and oxygen atoms in total. The first-order valence-corrected chi connectivity index (χ1v) is 11.4. The zero-order chi connectivity index (χ0) is 22.0. The van der Waals surface area contributed by atoms with Crippen LogP contribution in [0.2, 0.25) is 0 Å². The van der Waals surface area contributed by atoms with Gasteiger partial charge in [-0.25, -0.2) is 0 Å². The lowest BCUT2D eigenvalue weighted by Crippen LogP contribution is -2.28. The molecule has 2 atom stereocenters. The van der Waals surface area contributed by atoms with Crippen LogP contribution in [0, 0.1) is 13.8 Å². The van der Waals surface area contributed by atoms with Crippen molar-refractivity contribution in [3.05, 3.63) is 94.4 Å². The van der Waals surface area contributed by atoms with Crippen LogP contribution >= 0.6 is 11.8 Å². The molecule has 1 fully saturated rings. The number of rotatable bonds is 6. The summed E-state index contributed by atoms with van der Waals surface area (Å²) in [5.41, 5.74) is 5.07. The van der Waals surface area contributed by atoms with Crippen molar-refractivity contribution in [1.82, 2.24) is 10.2 Å². The molecule has 160 valence electrons. The first kappa shape index (κ1) is 21.2. The molecule has 0 saturated carbocycles. The van der Waals surface area contributed by atoms with Crippen molar-refractivity contribution in [3.8, 4) is 0 Å². The molecule has 4 rings (SSSR count). The normalized spacial score (nSPS) is 17.1. The van der Waals surface area contributed by atoms with Crippen LogP contribution in [0.3, 0.4) is 0 Å². The van der Waals surface area contributed by atoms with E-state index in [2.05, 4.69) is 37.4 Å². The number of hydrogen-bond donors (Lipinski definition) is 1. The Hall–Kier alpha value is -2.99. The van der Waals surface area contributed by atoms with Gasteiger partial charge in [-0.2, -0.15) is 0 Å². The Bertz CT molecular complexity index is 1080. The summed E-state index contributed by atoms with van der Waals surface area (Å²) in [7, 11) is 0. The fourth-order valence-corrected chi connectivity index (χ4v) is 5.04. The molecule has 0 aliphatic carbocycles. The van der Waals surface area contributed by atoms with Crippen molar-refractivity contribution in [2.24, 2.45) is 0 Å². The molecule has 0 unspecified atom stereocenters. The van der Waals surface area contributed by atoms with Crippen LogP contribution in [0.1, 0.15) is 56.7 Å². The molecular formula is C25H26N2O3S. The molecule has 1 saturated heterocycles. The van der Waals surface area contributed by atoms with Gasteiger partial charge in [0.25, 0.3) is 5.91 Å². The molecule has 0 bridgehead atoms. The van der Waals surface area contributed by atoms with Gasteiger partial charge in [-0.15, -0.1) is 11.8 Å². The molecule has 1 aromatic heterocycles. The van der Waals surface area contributed by atoms with Crippen LogP contribution in [-0.4, -0.2) is 22.5 Å². The third-order valence-electron chi connectivity index (χ3n) is 5.58. The number of nitrogens with one attached hydrogen (secondary N) is 1. The van der Waals surface area contributed by atoms with E-state index in [-0.39, 0.29) is 23.2 Å². The smallest absolute Gasteiger partial charge is 0.251 e. The molecule has 1 N–H and O–H groups in total. The summed E-state index contributed by atoms with van der Waals surface area (Å²) in [6, 6.07) is 17.4. The zero-order valence-corrected chi connectivity index (χ0v) is 18.7. The van der Waals surface area contributed by atoms with E-state index >= 15 is 0 Å². The third kappa shape index (κ3) is 4.69. The Morgan fingerprint density at radius 3 is 2.68 bits per heavy atom. The van der Waals surface area contributed by atoms with E-state index in [1.54, 1.807) is 18.0 Å². The predicted molar refractivity (Wildman–Crippen MR) is 123 cm³/mol. The minimum absolute atomic E-state index is 0.0800. The number of hydrogen-bond acceptors (Lipinski definition) is 4. The number of carbonyl (C=O) groups excluding carboxylic acids is 2. The van der Waals surface area contributed by atoms with E-state index in [9.17, 15) is 9.59 Å². The van der Waals surface area contributed by atoms with Gasteiger partial charge in [0.05, 0.1) is 24.6 Å². The van der Waals surface area contributed by atoms with E-state index in [1.807, 2.05) is 48.2 Å². The monoisotopic (exact) mass is 434 g/mol. The lowest BCUT2D eigenvalue weighted by atomic mass is 9.99. The van der Waals surface area contributed by atoms with Crippen LogP contribution in [0.15, 0.2) is 65.3 Å². The minimum atomic E-state index is -0.109. The van der Waals surface area contributed by atoms with Crippen molar-refractivity contribution in [2.45, 2.75) is 38.7 Å². The highest BCUT2D eigenvalue weighted by atomic mass is 32.2. The fraction of sp³-hybridized carbons (Fsp3) is 0.280. The van der Waals surface area contributed by atoms with Gasteiger partial charge in [0, 0.05) is 5.56 Å². The van der Waals surface area contributed by atoms with Crippen LogP contribution in [0.5, 0.6) is 0 Å². The lowest BCUT2D eigenvalue weighted by Gasteiger charge is -2.23. The largest absolute Gasteiger partial charge is 0.467 e. The number of aryl methyl sites for hydroxylation is 2. The molecular weight excluding hydrogens is 408 g/mol. The molecule has 1 aliphatic rings. The van der Waals surface area contributed by atoms with Crippen molar-refractivity contribution in [3.63, 3.8) is 0 Å². The Balaban J connectivity index is 1.45. The minimum Gasteiger partial charge on any atom is -0.467 e. The van der Waals surface area contributed by atoms with Crippen LogP contribution in [-0.2, 0) is 11.3 Å². The number of benzene rings is 2. The summed E-state index contributed by atoms with van der Waals surface area (Å²) in [5.74, 6) is 1.19. The second kappa shape index (κ2) is 9.02. The second-order valence-corrected chi connectivity index (χ2v) is 9.01. The molecule has 0 spiro atoms. The molecule has 3 aromatic rings. The average Bonchev–Trinajstić information content (AvgIpc) is 3.40. The summed E-state index contributed by atoms with van der Waals surface area (Å²) in [4.78, 5) is 27.0. The van der Waals surface area contributed by atoms with Crippen molar-refractivity contribution >= 4 is 23.6 Å². The Morgan fingerprint density at radius 2 is 1.97 bits per heavy atom. The van der Waals surface area contributed by atoms with Gasteiger partial charge < -0.3 is 14.6 Å². The molecule has 2 amide bonds. The molecule has 6 heteroatoms. The van der Waals surface area contributed by atoms with Gasteiger partial charge >= 0.3 is 0 Å². The summed E-state index contributed by atoms with van der Waals surface area (Å²) in [5, 5.41) is 3.01. The van der Waals surface area contributed by atoms with Crippen LogP contribution < -0.4 is 5.32 Å². The Labute approximate surface area is 186 Å². The molecule has 31 heavy (non-hydrogen) atoms. The lowest BCUT2D eigenvalue weighted by molar-refractivity contribution is -0.128. The highest BCUT2D eigenvalue weighted by Crippen LogP contribution is 2.39. The molecule has 1 aliphatic heterocycles. The summed E-state index contributed by atoms with van der Waals surface area (Å²) in [6.07, 6.45) is 1.62. The number of furan rings is 1. The van der Waals surface area contributed by atoms with E-state index in [1.165, 1.54) is 5.56 Å². The maximum absolute atomic E-state index is 12.8. The van der Waals surface area contributed by atoms with Crippen LogP contribution in [0.4, 0.5) is 0 Å². The van der Waals surface area contributed by atoms with Gasteiger partial charge in [0.1, 0.15) is 11.1 Å². The first-order chi connectivity index (χ1) is 14.9. The molecule has 2 heterocycles. The maximum Gasteiger partial charge on any atom is 0.251 e. The van der Waals surface area contributed by atoms with Crippen molar-refractivity contribution < 1.29 is 14.0 Å².